The summed E-state index contributed by atoms with van der Waals surface area (Å²) < 4.78 is 15.8. The summed E-state index contributed by atoms with van der Waals surface area (Å²) >= 11 is 6.93. The fourth-order valence-corrected chi connectivity index (χ4v) is 4.57. The Kier molecular flexibility index (Phi) is 5.87. The van der Waals surface area contributed by atoms with Gasteiger partial charge in [-0.25, -0.2) is 4.79 Å². The molecule has 0 bridgehead atoms. The van der Waals surface area contributed by atoms with Crippen molar-refractivity contribution in [3.63, 3.8) is 0 Å². The molecule has 0 atom stereocenters. The van der Waals surface area contributed by atoms with Crippen LogP contribution in [0.3, 0.4) is 0 Å². The minimum absolute atomic E-state index is 0.240. The molecule has 30 heavy (non-hydrogen) atoms. The maximum absolute atomic E-state index is 12.6. The average Bonchev–Trinajstić information content (AvgIpc) is 3.35. The molecule has 1 aromatic heterocycles. The predicted molar refractivity (Wildman–Crippen MR) is 121 cm³/mol. The Labute approximate surface area is 183 Å². The first-order chi connectivity index (χ1) is 14.6. The van der Waals surface area contributed by atoms with Gasteiger partial charge in [0.15, 0.2) is 16.6 Å². The standard InChI is InChI=1S/C22H20N2O4S2/c1-13-18(15-6-4-3-5-7-15)19(21(25)26-2)20(30-13)24-22(29)23-11-14-8-9-16-17(10-14)28-12-27-16/h3-10H,11-12H2,1-2H3,(H2,23,24,29). The summed E-state index contributed by atoms with van der Waals surface area (Å²) in [6.07, 6.45) is 0. The first-order valence-electron chi connectivity index (χ1n) is 9.27. The molecule has 1 aliphatic rings. The number of anilines is 1. The van der Waals surface area contributed by atoms with Gasteiger partial charge in [-0.15, -0.1) is 11.3 Å². The molecular weight excluding hydrogens is 420 g/mol. The van der Waals surface area contributed by atoms with Crippen LogP contribution >= 0.6 is 23.6 Å². The highest BCUT2D eigenvalue weighted by Crippen LogP contribution is 2.40. The van der Waals surface area contributed by atoms with Crippen molar-refractivity contribution in [1.29, 1.82) is 0 Å². The average molecular weight is 441 g/mol. The fourth-order valence-electron chi connectivity index (χ4n) is 3.26. The van der Waals surface area contributed by atoms with Crippen molar-refractivity contribution in [1.82, 2.24) is 5.32 Å². The Morgan fingerprint density at radius 3 is 2.70 bits per heavy atom. The Bertz CT molecular complexity index is 1100. The molecule has 0 amide bonds. The molecule has 0 saturated heterocycles. The molecule has 4 rings (SSSR count). The van der Waals surface area contributed by atoms with E-state index in [0.717, 1.165) is 33.1 Å². The van der Waals surface area contributed by atoms with Crippen molar-refractivity contribution < 1.29 is 19.0 Å². The van der Waals surface area contributed by atoms with Crippen LogP contribution in [0.1, 0.15) is 20.8 Å². The number of nitrogens with one attached hydrogen (secondary N) is 2. The number of carbonyl (C=O) groups excluding carboxylic acids is 1. The molecule has 0 fully saturated rings. The van der Waals surface area contributed by atoms with E-state index in [1.807, 2.05) is 55.5 Å². The molecule has 0 unspecified atom stereocenters. The number of ether oxygens (including phenoxy) is 3. The number of aryl methyl sites for hydroxylation is 1. The molecule has 8 heteroatoms. The van der Waals surface area contributed by atoms with Crippen LogP contribution in [0.2, 0.25) is 0 Å². The lowest BCUT2D eigenvalue weighted by Crippen LogP contribution is -2.28. The normalized spacial score (nSPS) is 11.8. The number of methoxy groups -OCH3 is 1. The van der Waals surface area contributed by atoms with E-state index >= 15 is 0 Å². The molecule has 0 spiro atoms. The Hall–Kier alpha value is -3.10. The highest BCUT2D eigenvalue weighted by Gasteiger charge is 2.24. The van der Waals surface area contributed by atoms with Crippen molar-refractivity contribution in [2.75, 3.05) is 19.2 Å². The zero-order valence-electron chi connectivity index (χ0n) is 16.5. The van der Waals surface area contributed by atoms with Crippen molar-refractivity contribution in [2.45, 2.75) is 13.5 Å². The lowest BCUT2D eigenvalue weighted by atomic mass is 10.0. The number of thiocarbonyl (C=S) groups is 1. The molecule has 2 aromatic carbocycles. The van der Waals surface area contributed by atoms with Gasteiger partial charge in [0.25, 0.3) is 0 Å². The van der Waals surface area contributed by atoms with Gasteiger partial charge in [0, 0.05) is 17.0 Å². The Morgan fingerprint density at radius 2 is 1.93 bits per heavy atom. The number of benzene rings is 2. The van der Waals surface area contributed by atoms with Crippen LogP contribution in [0, 0.1) is 6.92 Å². The Morgan fingerprint density at radius 1 is 1.17 bits per heavy atom. The highest BCUT2D eigenvalue weighted by atomic mass is 32.1. The van der Waals surface area contributed by atoms with E-state index in [9.17, 15) is 4.79 Å². The van der Waals surface area contributed by atoms with Crippen LogP contribution in [-0.4, -0.2) is 25.0 Å². The number of hydrogen-bond acceptors (Lipinski definition) is 6. The molecule has 0 saturated carbocycles. The second-order valence-corrected chi connectivity index (χ2v) is 8.22. The highest BCUT2D eigenvalue weighted by molar-refractivity contribution is 7.80. The summed E-state index contributed by atoms with van der Waals surface area (Å²) in [5.41, 5.74) is 3.30. The molecule has 3 aromatic rings. The monoisotopic (exact) mass is 440 g/mol. The number of thiophene rings is 1. The summed E-state index contributed by atoms with van der Waals surface area (Å²) in [5.74, 6) is 1.06. The molecule has 154 valence electrons. The lowest BCUT2D eigenvalue weighted by Gasteiger charge is -2.12. The van der Waals surface area contributed by atoms with Crippen LogP contribution < -0.4 is 20.1 Å². The zero-order chi connectivity index (χ0) is 21.1. The van der Waals surface area contributed by atoms with E-state index < -0.39 is 5.97 Å². The third kappa shape index (κ3) is 4.10. The second-order valence-electron chi connectivity index (χ2n) is 6.59. The third-order valence-corrected chi connectivity index (χ3v) is 5.92. The molecule has 0 aliphatic carbocycles. The molecule has 2 N–H and O–H groups in total. The van der Waals surface area contributed by atoms with Gasteiger partial charge in [-0.3, -0.25) is 0 Å². The van der Waals surface area contributed by atoms with Crippen LogP contribution in [0.5, 0.6) is 11.5 Å². The first kappa shape index (κ1) is 20.2. The van der Waals surface area contributed by atoms with E-state index in [4.69, 9.17) is 26.4 Å². The number of hydrogen-bond donors (Lipinski definition) is 2. The van der Waals surface area contributed by atoms with Gasteiger partial charge >= 0.3 is 5.97 Å². The molecular formula is C22H20N2O4S2. The number of carbonyl (C=O) groups is 1. The van der Waals surface area contributed by atoms with Crippen molar-refractivity contribution in [3.05, 3.63) is 64.5 Å². The minimum atomic E-state index is -0.403. The maximum atomic E-state index is 12.6. The van der Waals surface area contributed by atoms with Gasteiger partial charge in [0.05, 0.1) is 7.11 Å². The summed E-state index contributed by atoms with van der Waals surface area (Å²) in [6, 6.07) is 15.5. The molecule has 6 nitrogen and oxygen atoms in total. The summed E-state index contributed by atoms with van der Waals surface area (Å²) in [7, 11) is 1.38. The number of rotatable bonds is 5. The summed E-state index contributed by atoms with van der Waals surface area (Å²) in [5, 5.41) is 7.40. The second kappa shape index (κ2) is 8.73. The smallest absolute Gasteiger partial charge is 0.341 e. The van der Waals surface area contributed by atoms with E-state index in [2.05, 4.69) is 10.6 Å². The molecule has 0 radical (unpaired) electrons. The van der Waals surface area contributed by atoms with Gasteiger partial charge in [-0.05, 0) is 42.4 Å². The molecule has 1 aliphatic heterocycles. The van der Waals surface area contributed by atoms with Crippen molar-refractivity contribution in [2.24, 2.45) is 0 Å². The van der Waals surface area contributed by atoms with Crippen LogP contribution in [0.15, 0.2) is 48.5 Å². The lowest BCUT2D eigenvalue weighted by molar-refractivity contribution is 0.0603. The quantitative estimate of drug-likeness (QED) is 0.439. The van der Waals surface area contributed by atoms with Gasteiger partial charge in [-0.2, -0.15) is 0 Å². The maximum Gasteiger partial charge on any atom is 0.341 e. The van der Waals surface area contributed by atoms with Crippen LogP contribution in [0.4, 0.5) is 5.00 Å². The van der Waals surface area contributed by atoms with Gasteiger partial charge < -0.3 is 24.8 Å². The van der Waals surface area contributed by atoms with E-state index in [0.29, 0.717) is 22.2 Å². The van der Waals surface area contributed by atoms with E-state index in [1.165, 1.54) is 18.4 Å². The predicted octanol–water partition coefficient (Wildman–Crippen LogP) is 4.73. The zero-order valence-corrected chi connectivity index (χ0v) is 18.1. The van der Waals surface area contributed by atoms with Crippen molar-refractivity contribution in [3.8, 4) is 22.6 Å². The number of esters is 1. The minimum Gasteiger partial charge on any atom is -0.465 e. The first-order valence-corrected chi connectivity index (χ1v) is 10.5. The SMILES string of the molecule is COC(=O)c1c(NC(=S)NCc2ccc3c(c2)OCO3)sc(C)c1-c1ccccc1. The number of fused-ring (bicyclic) bond motifs is 1. The molecule has 2 heterocycles. The Balaban J connectivity index is 1.52. The topological polar surface area (TPSA) is 68.8 Å². The third-order valence-electron chi connectivity index (χ3n) is 4.65. The van der Waals surface area contributed by atoms with Gasteiger partial charge in [-0.1, -0.05) is 36.4 Å². The van der Waals surface area contributed by atoms with E-state index in [-0.39, 0.29) is 6.79 Å². The summed E-state index contributed by atoms with van der Waals surface area (Å²) in [4.78, 5) is 13.6. The van der Waals surface area contributed by atoms with Gasteiger partial charge in [0.1, 0.15) is 10.6 Å². The van der Waals surface area contributed by atoms with E-state index in [1.54, 1.807) is 0 Å². The summed E-state index contributed by atoms with van der Waals surface area (Å²) in [6.45, 7) is 2.73. The largest absolute Gasteiger partial charge is 0.465 e. The van der Waals surface area contributed by atoms with Crippen LogP contribution in [0.25, 0.3) is 11.1 Å². The fraction of sp³-hybridized carbons (Fsp3) is 0.182. The van der Waals surface area contributed by atoms with Gasteiger partial charge in [0.2, 0.25) is 6.79 Å². The van der Waals surface area contributed by atoms with Crippen LogP contribution in [-0.2, 0) is 11.3 Å². The van der Waals surface area contributed by atoms with Crippen molar-refractivity contribution >= 4 is 39.6 Å².